The van der Waals surface area contributed by atoms with Crippen molar-refractivity contribution in [3.63, 3.8) is 0 Å². The Morgan fingerprint density at radius 3 is 2.38 bits per heavy atom. The van der Waals surface area contributed by atoms with Crippen molar-refractivity contribution in [3.05, 3.63) is 59.7 Å². The second-order valence-electron chi connectivity index (χ2n) is 5.02. The van der Waals surface area contributed by atoms with Crippen LogP contribution in [0.25, 0.3) is 11.1 Å². The summed E-state index contributed by atoms with van der Waals surface area (Å²) in [5.41, 5.74) is 3.80. The highest BCUT2D eigenvalue weighted by Gasteiger charge is 2.18. The van der Waals surface area contributed by atoms with Crippen molar-refractivity contribution in [2.75, 3.05) is 13.2 Å². The first-order chi connectivity index (χ1) is 10.3. The molecule has 3 nitrogen and oxygen atoms in total. The Balaban J connectivity index is 1.92. The lowest BCUT2D eigenvalue weighted by Crippen LogP contribution is -2.00. The highest BCUT2D eigenvalue weighted by Crippen LogP contribution is 2.28. The third-order valence-electron chi connectivity index (χ3n) is 3.66. The molecule has 3 heteroatoms. The first-order valence-electron chi connectivity index (χ1n) is 7.25. The molecular formula is C18H18O3. The molecule has 0 unspecified atom stereocenters. The average Bonchev–Trinajstić information content (AvgIpc) is 3.09. The molecule has 0 atom stereocenters. The molecule has 1 heterocycles. The van der Waals surface area contributed by atoms with E-state index >= 15 is 0 Å². The molecule has 108 valence electrons. The van der Waals surface area contributed by atoms with Crippen LogP contribution in [0.2, 0.25) is 0 Å². The molecule has 2 aromatic rings. The minimum Gasteiger partial charge on any atom is -0.346 e. The lowest BCUT2D eigenvalue weighted by Gasteiger charge is -2.12. The third-order valence-corrected chi connectivity index (χ3v) is 3.66. The maximum Gasteiger partial charge on any atom is 0.184 e. The Kier molecular flexibility index (Phi) is 4.13. The number of benzene rings is 2. The molecule has 0 bridgehead atoms. The Labute approximate surface area is 124 Å². The summed E-state index contributed by atoms with van der Waals surface area (Å²) in [6.07, 6.45) is 0.255. The van der Waals surface area contributed by atoms with Crippen LogP contribution in [-0.2, 0) is 9.47 Å². The number of carbonyl (C=O) groups excluding carboxylic acids is 1. The summed E-state index contributed by atoms with van der Waals surface area (Å²) in [5.74, 6) is 0.164. The van der Waals surface area contributed by atoms with Gasteiger partial charge in [-0.1, -0.05) is 55.5 Å². The Hall–Kier alpha value is -1.97. The Morgan fingerprint density at radius 2 is 1.71 bits per heavy atom. The first-order valence-corrected chi connectivity index (χ1v) is 7.25. The van der Waals surface area contributed by atoms with Gasteiger partial charge in [0.1, 0.15) is 0 Å². The van der Waals surface area contributed by atoms with Crippen LogP contribution in [0, 0.1) is 0 Å². The predicted molar refractivity (Wildman–Crippen MR) is 81.1 cm³/mol. The summed E-state index contributed by atoms with van der Waals surface area (Å²) >= 11 is 0. The van der Waals surface area contributed by atoms with Crippen molar-refractivity contribution in [3.8, 4) is 11.1 Å². The van der Waals surface area contributed by atoms with Crippen LogP contribution in [0.5, 0.6) is 0 Å². The van der Waals surface area contributed by atoms with Gasteiger partial charge in [-0.25, -0.2) is 0 Å². The van der Waals surface area contributed by atoms with E-state index in [2.05, 4.69) is 0 Å². The van der Waals surface area contributed by atoms with E-state index in [0.29, 0.717) is 19.6 Å². The summed E-state index contributed by atoms with van der Waals surface area (Å²) < 4.78 is 11.0. The monoisotopic (exact) mass is 282 g/mol. The van der Waals surface area contributed by atoms with Gasteiger partial charge in [0.15, 0.2) is 12.1 Å². The smallest absolute Gasteiger partial charge is 0.184 e. The average molecular weight is 282 g/mol. The van der Waals surface area contributed by atoms with E-state index in [0.717, 1.165) is 22.3 Å². The predicted octanol–water partition coefficient (Wildman–Crippen LogP) is 3.99. The lowest BCUT2D eigenvalue weighted by molar-refractivity contribution is -0.0441. The van der Waals surface area contributed by atoms with Gasteiger partial charge in [0.05, 0.1) is 13.2 Å². The summed E-state index contributed by atoms with van der Waals surface area (Å²) in [5, 5.41) is 0. The standard InChI is InChI=1S/C18H18O3/c1-2-17(19)16-6-4-3-5-15(16)13-7-9-14(10-8-13)18-20-11-12-21-18/h3-10,18H,2,11-12H2,1H3. The van der Waals surface area contributed by atoms with Gasteiger partial charge < -0.3 is 9.47 Å². The van der Waals surface area contributed by atoms with E-state index in [1.807, 2.05) is 55.5 Å². The summed E-state index contributed by atoms with van der Waals surface area (Å²) in [7, 11) is 0. The van der Waals surface area contributed by atoms with Crippen LogP contribution in [0.15, 0.2) is 48.5 Å². The highest BCUT2D eigenvalue weighted by atomic mass is 16.7. The van der Waals surface area contributed by atoms with E-state index < -0.39 is 0 Å². The van der Waals surface area contributed by atoms with Crippen LogP contribution in [0.1, 0.15) is 35.6 Å². The summed E-state index contributed by atoms with van der Waals surface area (Å²) in [6.45, 7) is 3.16. The molecule has 0 amide bonds. The quantitative estimate of drug-likeness (QED) is 0.795. The van der Waals surface area contributed by atoms with E-state index in [9.17, 15) is 4.79 Å². The van der Waals surface area contributed by atoms with Crippen molar-refractivity contribution in [2.45, 2.75) is 19.6 Å². The van der Waals surface area contributed by atoms with Gasteiger partial charge >= 0.3 is 0 Å². The molecule has 3 rings (SSSR count). The number of carbonyl (C=O) groups is 1. The van der Waals surface area contributed by atoms with Crippen LogP contribution < -0.4 is 0 Å². The molecule has 1 aliphatic heterocycles. The minimum atomic E-state index is -0.258. The van der Waals surface area contributed by atoms with E-state index in [-0.39, 0.29) is 12.1 Å². The summed E-state index contributed by atoms with van der Waals surface area (Å²) in [4.78, 5) is 12.0. The van der Waals surface area contributed by atoms with Crippen LogP contribution in [0.3, 0.4) is 0 Å². The zero-order valence-electron chi connectivity index (χ0n) is 12.0. The van der Waals surface area contributed by atoms with Gasteiger partial charge in [-0.05, 0) is 11.1 Å². The van der Waals surface area contributed by atoms with Crippen LogP contribution in [-0.4, -0.2) is 19.0 Å². The molecule has 1 aliphatic rings. The Bertz CT molecular complexity index is 625. The fourth-order valence-corrected chi connectivity index (χ4v) is 2.54. The molecule has 2 aromatic carbocycles. The topological polar surface area (TPSA) is 35.5 Å². The SMILES string of the molecule is CCC(=O)c1ccccc1-c1ccc(C2OCCO2)cc1. The van der Waals surface area contributed by atoms with Crippen molar-refractivity contribution < 1.29 is 14.3 Å². The largest absolute Gasteiger partial charge is 0.346 e. The van der Waals surface area contributed by atoms with Gasteiger partial charge in [0.2, 0.25) is 0 Å². The van der Waals surface area contributed by atoms with Gasteiger partial charge in [0.25, 0.3) is 0 Å². The number of rotatable bonds is 4. The van der Waals surface area contributed by atoms with Crippen molar-refractivity contribution >= 4 is 5.78 Å². The van der Waals surface area contributed by atoms with Gasteiger partial charge in [-0.2, -0.15) is 0 Å². The zero-order chi connectivity index (χ0) is 14.7. The number of hydrogen-bond donors (Lipinski definition) is 0. The first kappa shape index (κ1) is 14.0. The Morgan fingerprint density at radius 1 is 1.05 bits per heavy atom. The maximum absolute atomic E-state index is 12.0. The minimum absolute atomic E-state index is 0.164. The van der Waals surface area contributed by atoms with Crippen molar-refractivity contribution in [2.24, 2.45) is 0 Å². The number of hydrogen-bond acceptors (Lipinski definition) is 3. The lowest BCUT2D eigenvalue weighted by atomic mass is 9.95. The molecule has 0 radical (unpaired) electrons. The molecule has 0 spiro atoms. The number of ether oxygens (including phenoxy) is 2. The third kappa shape index (κ3) is 2.89. The molecule has 0 saturated carbocycles. The van der Waals surface area contributed by atoms with Crippen LogP contribution >= 0.6 is 0 Å². The maximum atomic E-state index is 12.0. The van der Waals surface area contributed by atoms with Crippen LogP contribution in [0.4, 0.5) is 0 Å². The van der Waals surface area contributed by atoms with E-state index in [1.54, 1.807) is 0 Å². The molecule has 0 aromatic heterocycles. The van der Waals surface area contributed by atoms with Crippen molar-refractivity contribution in [1.29, 1.82) is 0 Å². The van der Waals surface area contributed by atoms with Crippen molar-refractivity contribution in [1.82, 2.24) is 0 Å². The van der Waals surface area contributed by atoms with Gasteiger partial charge in [-0.15, -0.1) is 0 Å². The molecule has 0 N–H and O–H groups in total. The molecule has 21 heavy (non-hydrogen) atoms. The fraction of sp³-hybridized carbons (Fsp3) is 0.278. The van der Waals surface area contributed by atoms with Gasteiger partial charge in [-0.3, -0.25) is 4.79 Å². The second kappa shape index (κ2) is 6.20. The van der Waals surface area contributed by atoms with E-state index in [1.165, 1.54) is 0 Å². The molecular weight excluding hydrogens is 264 g/mol. The molecule has 1 fully saturated rings. The highest BCUT2D eigenvalue weighted by molar-refractivity contribution is 6.02. The number of Topliss-reactive ketones (excluding diaryl/α,β-unsaturated/α-hetero) is 1. The summed E-state index contributed by atoms with van der Waals surface area (Å²) in [6, 6.07) is 15.8. The number of ketones is 1. The van der Waals surface area contributed by atoms with E-state index in [4.69, 9.17) is 9.47 Å². The second-order valence-corrected chi connectivity index (χ2v) is 5.02. The molecule has 0 aliphatic carbocycles. The molecule has 1 saturated heterocycles. The normalized spacial score (nSPS) is 15.3. The fourth-order valence-electron chi connectivity index (χ4n) is 2.54. The van der Waals surface area contributed by atoms with Gasteiger partial charge in [0, 0.05) is 17.5 Å². The zero-order valence-corrected chi connectivity index (χ0v) is 12.0.